The van der Waals surface area contributed by atoms with Crippen LogP contribution in [0.3, 0.4) is 0 Å². The zero-order valence-corrected chi connectivity index (χ0v) is 19.4. The van der Waals surface area contributed by atoms with Crippen LogP contribution >= 0.6 is 0 Å². The Morgan fingerprint density at radius 2 is 1.57 bits per heavy atom. The number of benzene rings is 3. The number of phenols is 2. The van der Waals surface area contributed by atoms with Crippen molar-refractivity contribution in [1.82, 2.24) is 4.98 Å². The lowest BCUT2D eigenvalue weighted by Gasteiger charge is -2.20. The summed E-state index contributed by atoms with van der Waals surface area (Å²) in [5.41, 5.74) is 4.03. The first-order valence-electron chi connectivity index (χ1n) is 11.4. The first-order chi connectivity index (χ1) is 16.9. The molecule has 5 aromatic rings. The molecule has 0 bridgehead atoms. The number of fused-ring (bicyclic) bond motifs is 2. The van der Waals surface area contributed by atoms with Crippen LogP contribution in [0.15, 0.2) is 74.3 Å². The maximum absolute atomic E-state index is 12.8. The van der Waals surface area contributed by atoms with Gasteiger partial charge in [-0.1, -0.05) is 24.3 Å². The van der Waals surface area contributed by atoms with Crippen LogP contribution in [-0.4, -0.2) is 28.3 Å². The Hall–Kier alpha value is -4.52. The molecule has 0 atom stereocenters. The smallest absolute Gasteiger partial charge is 0.349 e. The average Bonchev–Trinajstić information content (AvgIpc) is 3.28. The molecule has 0 aliphatic heterocycles. The van der Waals surface area contributed by atoms with E-state index in [0.29, 0.717) is 16.7 Å². The predicted octanol–water partition coefficient (Wildman–Crippen LogP) is 6.03. The molecule has 0 unspecified atom stereocenters. The molecule has 0 radical (unpaired) electrons. The highest BCUT2D eigenvalue weighted by Gasteiger charge is 2.15. The average molecular weight is 469 g/mol. The topological polar surface area (TPSA) is 99.9 Å². The Kier molecular flexibility index (Phi) is 5.74. The number of aromatic hydroxyl groups is 2. The van der Waals surface area contributed by atoms with Gasteiger partial charge in [-0.3, -0.25) is 0 Å². The van der Waals surface area contributed by atoms with Crippen molar-refractivity contribution in [3.05, 3.63) is 82.2 Å². The monoisotopic (exact) mass is 468 g/mol. The number of oxazole rings is 1. The van der Waals surface area contributed by atoms with Gasteiger partial charge in [0.15, 0.2) is 17.1 Å². The van der Waals surface area contributed by atoms with Crippen molar-refractivity contribution >= 4 is 39.9 Å². The number of nitrogens with zero attached hydrogens (tertiary/aromatic N) is 2. The number of hydrogen-bond acceptors (Lipinski definition) is 7. The van der Waals surface area contributed by atoms with Gasteiger partial charge >= 0.3 is 5.63 Å². The quantitative estimate of drug-likeness (QED) is 0.178. The Labute approximate surface area is 201 Å². The molecule has 0 spiro atoms. The van der Waals surface area contributed by atoms with Crippen LogP contribution in [0, 0.1) is 0 Å². The van der Waals surface area contributed by atoms with Gasteiger partial charge in [0.05, 0.1) is 0 Å². The molecule has 2 aromatic heterocycles. The van der Waals surface area contributed by atoms with E-state index in [1.807, 2.05) is 42.5 Å². The zero-order chi connectivity index (χ0) is 24.5. The first kappa shape index (κ1) is 22.3. The number of phenolic OH excluding ortho intramolecular Hbond substituents is 2. The summed E-state index contributed by atoms with van der Waals surface area (Å²) in [6.45, 7) is 5.89. The molecule has 0 aliphatic carbocycles. The lowest BCUT2D eigenvalue weighted by atomic mass is 10.1. The molecule has 0 amide bonds. The van der Waals surface area contributed by atoms with Crippen molar-refractivity contribution < 1.29 is 19.0 Å². The highest BCUT2D eigenvalue weighted by atomic mass is 16.4. The van der Waals surface area contributed by atoms with E-state index in [2.05, 4.69) is 23.7 Å². The van der Waals surface area contributed by atoms with Crippen molar-refractivity contribution in [2.75, 3.05) is 18.0 Å². The molecular weight excluding hydrogens is 444 g/mol. The number of hydrogen-bond donors (Lipinski definition) is 2. The van der Waals surface area contributed by atoms with E-state index < -0.39 is 5.63 Å². The van der Waals surface area contributed by atoms with Crippen LogP contribution in [0.2, 0.25) is 0 Å². The summed E-state index contributed by atoms with van der Waals surface area (Å²) in [6, 6.07) is 17.7. The predicted molar refractivity (Wildman–Crippen MR) is 138 cm³/mol. The molecule has 7 heteroatoms. The van der Waals surface area contributed by atoms with E-state index in [4.69, 9.17) is 8.83 Å². The fourth-order valence-corrected chi connectivity index (χ4v) is 4.03. The fourth-order valence-electron chi connectivity index (χ4n) is 4.03. The molecule has 7 nitrogen and oxygen atoms in total. The molecular formula is C28H24N2O5. The van der Waals surface area contributed by atoms with Gasteiger partial charge in [-0.05, 0) is 67.4 Å². The van der Waals surface area contributed by atoms with Gasteiger partial charge in [0.2, 0.25) is 5.89 Å². The number of aromatic nitrogens is 1. The van der Waals surface area contributed by atoms with Gasteiger partial charge in [-0.25, -0.2) is 9.78 Å². The van der Waals surface area contributed by atoms with E-state index in [1.165, 1.54) is 12.1 Å². The lowest BCUT2D eigenvalue weighted by molar-refractivity contribution is 0.403. The van der Waals surface area contributed by atoms with Crippen molar-refractivity contribution in [3.8, 4) is 23.0 Å². The second-order valence-electron chi connectivity index (χ2n) is 8.17. The highest BCUT2D eigenvalue weighted by molar-refractivity contribution is 5.85. The summed E-state index contributed by atoms with van der Waals surface area (Å²) in [7, 11) is 0. The number of rotatable bonds is 6. The molecule has 35 heavy (non-hydrogen) atoms. The molecule has 5 rings (SSSR count). The maximum atomic E-state index is 12.8. The van der Waals surface area contributed by atoms with E-state index in [9.17, 15) is 15.0 Å². The van der Waals surface area contributed by atoms with Gasteiger partial charge in [-0.15, -0.1) is 0 Å². The van der Waals surface area contributed by atoms with Crippen LogP contribution in [0.25, 0.3) is 45.7 Å². The van der Waals surface area contributed by atoms with Gasteiger partial charge in [0.25, 0.3) is 0 Å². The minimum atomic E-state index is -0.506. The summed E-state index contributed by atoms with van der Waals surface area (Å²) in [5.74, 6) is -0.142. The van der Waals surface area contributed by atoms with Gasteiger partial charge in [-0.2, -0.15) is 0 Å². The lowest BCUT2D eigenvalue weighted by Crippen LogP contribution is -2.21. The summed E-state index contributed by atoms with van der Waals surface area (Å²) in [5, 5.41) is 19.9. The molecule has 2 N–H and O–H groups in total. The van der Waals surface area contributed by atoms with Gasteiger partial charge < -0.3 is 23.9 Å². The van der Waals surface area contributed by atoms with Crippen molar-refractivity contribution in [1.29, 1.82) is 0 Å². The second kappa shape index (κ2) is 9.02. The Morgan fingerprint density at radius 1 is 0.829 bits per heavy atom. The van der Waals surface area contributed by atoms with Crippen LogP contribution in [0.5, 0.6) is 11.5 Å². The van der Waals surface area contributed by atoms with Crippen LogP contribution in [-0.2, 0) is 0 Å². The third-order valence-corrected chi connectivity index (χ3v) is 5.96. The summed E-state index contributed by atoms with van der Waals surface area (Å²) < 4.78 is 11.5. The van der Waals surface area contributed by atoms with Crippen molar-refractivity contribution in [2.24, 2.45) is 0 Å². The van der Waals surface area contributed by atoms with Crippen molar-refractivity contribution in [2.45, 2.75) is 13.8 Å². The van der Waals surface area contributed by atoms with E-state index in [0.717, 1.165) is 35.3 Å². The molecule has 176 valence electrons. The minimum Gasteiger partial charge on any atom is -0.504 e. The highest BCUT2D eigenvalue weighted by Crippen LogP contribution is 2.29. The third-order valence-electron chi connectivity index (χ3n) is 5.96. The summed E-state index contributed by atoms with van der Waals surface area (Å²) in [6.07, 6.45) is 3.67. The SMILES string of the molecule is CCN(CC)c1ccc2cc(-c3nc4cc(/C=C/c5ccc(O)c(O)c5)ccc4o3)c(=O)oc2c1. The minimum absolute atomic E-state index is 0.166. The van der Waals surface area contributed by atoms with Gasteiger partial charge in [0.1, 0.15) is 16.7 Å². The Bertz CT molecular complexity index is 1630. The Morgan fingerprint density at radius 3 is 2.31 bits per heavy atom. The molecule has 0 saturated heterocycles. The third kappa shape index (κ3) is 4.36. The molecule has 0 saturated carbocycles. The number of anilines is 1. The van der Waals surface area contributed by atoms with Gasteiger partial charge in [0, 0.05) is 30.2 Å². The van der Waals surface area contributed by atoms with E-state index in [1.54, 1.807) is 18.2 Å². The van der Waals surface area contributed by atoms with Crippen LogP contribution in [0.1, 0.15) is 25.0 Å². The zero-order valence-electron chi connectivity index (χ0n) is 19.4. The molecule has 3 aromatic carbocycles. The molecule has 0 aliphatic rings. The second-order valence-corrected chi connectivity index (χ2v) is 8.17. The standard InChI is InChI=1S/C28H24N2O5/c1-3-30(4-2)20-10-9-19-15-21(28(33)35-26(19)16-20)27-29-22-13-17(8-12-25(22)34-27)5-6-18-7-11-23(31)24(32)14-18/h5-16,31-32H,3-4H2,1-2H3/b6-5+. The van der Waals surface area contributed by atoms with E-state index >= 15 is 0 Å². The van der Waals surface area contributed by atoms with E-state index in [-0.39, 0.29) is 23.0 Å². The normalized spacial score (nSPS) is 11.6. The van der Waals surface area contributed by atoms with Crippen LogP contribution in [0.4, 0.5) is 5.69 Å². The van der Waals surface area contributed by atoms with Crippen molar-refractivity contribution in [3.63, 3.8) is 0 Å². The summed E-state index contributed by atoms with van der Waals surface area (Å²) >= 11 is 0. The maximum Gasteiger partial charge on any atom is 0.349 e. The van der Waals surface area contributed by atoms with Crippen LogP contribution < -0.4 is 10.5 Å². The molecule has 2 heterocycles. The molecule has 0 fully saturated rings. The Balaban J connectivity index is 1.47. The summed E-state index contributed by atoms with van der Waals surface area (Å²) in [4.78, 5) is 19.5. The first-order valence-corrected chi connectivity index (χ1v) is 11.4. The fraction of sp³-hybridized carbons (Fsp3) is 0.143. The largest absolute Gasteiger partial charge is 0.504 e.